The molecular weight excluding hydrogens is 333 g/mol. The first-order valence-corrected chi connectivity index (χ1v) is 7.86. The molecule has 0 radical (unpaired) electrons. The average Bonchev–Trinajstić information content (AvgIpc) is 2.95. The van der Waals surface area contributed by atoms with E-state index in [4.69, 9.17) is 5.73 Å². The summed E-state index contributed by atoms with van der Waals surface area (Å²) in [5.74, 6) is 0.528. The minimum absolute atomic E-state index is 0. The highest BCUT2D eigenvalue weighted by Crippen LogP contribution is 2.32. The fourth-order valence-corrected chi connectivity index (χ4v) is 3.00. The van der Waals surface area contributed by atoms with E-state index >= 15 is 0 Å². The number of nitrogens with one attached hydrogen (secondary N) is 1. The zero-order valence-corrected chi connectivity index (χ0v) is 15.8. The van der Waals surface area contributed by atoms with Crippen LogP contribution in [0.1, 0.15) is 33.1 Å². The van der Waals surface area contributed by atoms with Gasteiger partial charge in [-0.05, 0) is 57.4 Å². The summed E-state index contributed by atoms with van der Waals surface area (Å²) in [6.45, 7) is 4.90. The van der Waals surface area contributed by atoms with Crippen molar-refractivity contribution in [3.8, 4) is 0 Å². The summed E-state index contributed by atoms with van der Waals surface area (Å²) in [5, 5.41) is 3.06. The van der Waals surface area contributed by atoms with Gasteiger partial charge in [-0.3, -0.25) is 4.79 Å². The van der Waals surface area contributed by atoms with Crippen molar-refractivity contribution < 1.29 is 4.79 Å². The second kappa shape index (κ2) is 10.0. The van der Waals surface area contributed by atoms with E-state index in [1.54, 1.807) is 0 Å². The number of hydrogen-bond donors (Lipinski definition) is 2. The normalized spacial score (nSPS) is 19.7. The second-order valence-corrected chi connectivity index (χ2v) is 6.28. The van der Waals surface area contributed by atoms with Gasteiger partial charge in [-0.15, -0.1) is 24.8 Å². The molecule has 0 spiro atoms. The summed E-state index contributed by atoms with van der Waals surface area (Å²) in [4.78, 5) is 14.6. The van der Waals surface area contributed by atoms with Crippen molar-refractivity contribution in [2.24, 2.45) is 17.6 Å². The predicted molar refractivity (Wildman–Crippen MR) is 103 cm³/mol. The summed E-state index contributed by atoms with van der Waals surface area (Å²) < 4.78 is 0. The maximum Gasteiger partial charge on any atom is 0.227 e. The van der Waals surface area contributed by atoms with Gasteiger partial charge in [0.2, 0.25) is 5.91 Å². The fraction of sp³-hybridized carbons (Fsp3) is 0.588. The Labute approximate surface area is 152 Å². The molecule has 2 atom stereocenters. The Morgan fingerprint density at radius 1 is 1.35 bits per heavy atom. The lowest BCUT2D eigenvalue weighted by Gasteiger charge is -2.24. The number of amides is 1. The van der Waals surface area contributed by atoms with Gasteiger partial charge in [0.1, 0.15) is 0 Å². The van der Waals surface area contributed by atoms with Crippen LogP contribution >= 0.6 is 24.8 Å². The van der Waals surface area contributed by atoms with Crippen LogP contribution in [0.15, 0.2) is 24.3 Å². The molecule has 1 aromatic carbocycles. The molecular formula is C17H29Cl2N3O. The number of nitrogens with two attached hydrogens (primary N) is 1. The molecule has 1 fully saturated rings. The van der Waals surface area contributed by atoms with E-state index in [0.29, 0.717) is 18.5 Å². The van der Waals surface area contributed by atoms with E-state index in [0.717, 1.165) is 30.6 Å². The van der Waals surface area contributed by atoms with E-state index in [2.05, 4.69) is 37.2 Å². The summed E-state index contributed by atoms with van der Waals surface area (Å²) in [7, 11) is 2.06. The van der Waals surface area contributed by atoms with Crippen LogP contribution in [-0.4, -0.2) is 25.5 Å². The van der Waals surface area contributed by atoms with Gasteiger partial charge in [-0.2, -0.15) is 0 Å². The molecule has 0 aromatic heterocycles. The third-order valence-corrected chi connectivity index (χ3v) is 4.59. The van der Waals surface area contributed by atoms with Gasteiger partial charge >= 0.3 is 0 Å². The summed E-state index contributed by atoms with van der Waals surface area (Å²) in [6.07, 6.45) is 3.14. The molecule has 0 bridgehead atoms. The van der Waals surface area contributed by atoms with Gasteiger partial charge in [0.15, 0.2) is 0 Å². The molecule has 0 aliphatic heterocycles. The van der Waals surface area contributed by atoms with Gasteiger partial charge in [0, 0.05) is 30.4 Å². The van der Waals surface area contributed by atoms with Crippen molar-refractivity contribution in [3.63, 3.8) is 0 Å². The first-order valence-electron chi connectivity index (χ1n) is 7.86. The van der Waals surface area contributed by atoms with Crippen molar-refractivity contribution in [1.29, 1.82) is 0 Å². The highest BCUT2D eigenvalue weighted by molar-refractivity contribution is 5.93. The number of anilines is 2. The van der Waals surface area contributed by atoms with Crippen LogP contribution in [0, 0.1) is 11.8 Å². The second-order valence-electron chi connectivity index (χ2n) is 6.28. The van der Waals surface area contributed by atoms with Crippen LogP contribution in [0.25, 0.3) is 0 Å². The molecule has 0 heterocycles. The Hall–Kier alpha value is -0.970. The largest absolute Gasteiger partial charge is 0.372 e. The highest BCUT2D eigenvalue weighted by Gasteiger charge is 2.31. The van der Waals surface area contributed by atoms with Crippen molar-refractivity contribution in [1.82, 2.24) is 0 Å². The molecule has 1 aromatic rings. The van der Waals surface area contributed by atoms with E-state index in [9.17, 15) is 4.79 Å². The van der Waals surface area contributed by atoms with Crippen LogP contribution in [0.2, 0.25) is 0 Å². The van der Waals surface area contributed by atoms with Crippen molar-refractivity contribution in [2.75, 3.05) is 23.8 Å². The van der Waals surface area contributed by atoms with Crippen LogP contribution in [0.4, 0.5) is 11.4 Å². The molecule has 23 heavy (non-hydrogen) atoms. The first kappa shape index (κ1) is 22.0. The lowest BCUT2D eigenvalue weighted by atomic mass is 9.95. The monoisotopic (exact) mass is 361 g/mol. The van der Waals surface area contributed by atoms with E-state index in [1.165, 1.54) is 0 Å². The van der Waals surface area contributed by atoms with Crippen LogP contribution in [-0.2, 0) is 4.79 Å². The van der Waals surface area contributed by atoms with E-state index < -0.39 is 0 Å². The van der Waals surface area contributed by atoms with Crippen molar-refractivity contribution >= 4 is 42.1 Å². The Morgan fingerprint density at radius 2 is 2.04 bits per heavy atom. The molecule has 1 aliphatic rings. The predicted octanol–water partition coefficient (Wildman–Crippen LogP) is 3.69. The zero-order valence-electron chi connectivity index (χ0n) is 14.1. The third kappa shape index (κ3) is 5.55. The standard InChI is InChI=1S/C17H27N3O.2ClH/c1-12(2)20(3)15-8-5-7-14(10-15)19-17(21)16-9-4-6-13(16)11-18;;/h5,7-8,10,12-13,16H,4,6,9,11,18H2,1-3H3,(H,19,21);2*1H/t13-,16-;;/m1../s1. The molecule has 132 valence electrons. The molecule has 2 rings (SSSR count). The highest BCUT2D eigenvalue weighted by atomic mass is 35.5. The van der Waals surface area contributed by atoms with Gasteiger partial charge in [-0.25, -0.2) is 0 Å². The van der Waals surface area contributed by atoms with Gasteiger partial charge < -0.3 is 16.0 Å². The number of hydrogen-bond acceptors (Lipinski definition) is 3. The number of carbonyl (C=O) groups excluding carboxylic acids is 1. The van der Waals surface area contributed by atoms with Crippen LogP contribution in [0.5, 0.6) is 0 Å². The number of halogens is 2. The number of benzene rings is 1. The molecule has 1 aliphatic carbocycles. The molecule has 3 N–H and O–H groups in total. The van der Waals surface area contributed by atoms with E-state index in [1.807, 2.05) is 18.2 Å². The van der Waals surface area contributed by atoms with Gasteiger partial charge in [0.05, 0.1) is 0 Å². The fourth-order valence-electron chi connectivity index (χ4n) is 3.00. The molecule has 4 nitrogen and oxygen atoms in total. The summed E-state index contributed by atoms with van der Waals surface area (Å²) in [6, 6.07) is 8.45. The minimum Gasteiger partial charge on any atom is -0.372 e. The summed E-state index contributed by atoms with van der Waals surface area (Å²) >= 11 is 0. The van der Waals surface area contributed by atoms with Crippen LogP contribution in [0.3, 0.4) is 0 Å². The third-order valence-electron chi connectivity index (χ3n) is 4.59. The van der Waals surface area contributed by atoms with Crippen molar-refractivity contribution in [2.45, 2.75) is 39.2 Å². The Morgan fingerprint density at radius 3 is 2.65 bits per heavy atom. The molecule has 1 saturated carbocycles. The number of carbonyl (C=O) groups is 1. The molecule has 0 saturated heterocycles. The first-order chi connectivity index (χ1) is 10.0. The molecule has 1 amide bonds. The Bertz CT molecular complexity index is 496. The van der Waals surface area contributed by atoms with Gasteiger partial charge in [0.25, 0.3) is 0 Å². The Balaban J connectivity index is 0.00000242. The Kier molecular flexibility index (Phi) is 9.59. The lowest BCUT2D eigenvalue weighted by Crippen LogP contribution is -2.30. The minimum atomic E-state index is 0. The molecule has 0 unspecified atom stereocenters. The smallest absolute Gasteiger partial charge is 0.227 e. The zero-order chi connectivity index (χ0) is 15.4. The summed E-state index contributed by atoms with van der Waals surface area (Å²) in [5.41, 5.74) is 7.75. The average molecular weight is 362 g/mol. The van der Waals surface area contributed by atoms with Gasteiger partial charge in [-0.1, -0.05) is 12.5 Å². The SMILES string of the molecule is CC(C)N(C)c1cccc(NC(=O)[C@@H]2CCC[C@@H]2CN)c1.Cl.Cl. The van der Waals surface area contributed by atoms with Crippen molar-refractivity contribution in [3.05, 3.63) is 24.3 Å². The topological polar surface area (TPSA) is 58.4 Å². The number of nitrogens with zero attached hydrogens (tertiary/aromatic N) is 1. The van der Waals surface area contributed by atoms with Crippen LogP contribution < -0.4 is 16.0 Å². The number of rotatable bonds is 5. The molecule has 6 heteroatoms. The maximum absolute atomic E-state index is 12.4. The lowest BCUT2D eigenvalue weighted by molar-refractivity contribution is -0.120. The maximum atomic E-state index is 12.4. The quantitative estimate of drug-likeness (QED) is 0.840. The van der Waals surface area contributed by atoms with E-state index in [-0.39, 0.29) is 36.6 Å².